The number of carbonyl (C=O) groups excluding carboxylic acids is 3. The number of Topliss-reactive ketones (excluding diaryl/α,β-unsaturated/α-hetero) is 3. The van der Waals surface area contributed by atoms with Crippen LogP contribution in [0.3, 0.4) is 0 Å². The van der Waals surface area contributed by atoms with E-state index in [4.69, 9.17) is 0 Å². The molecule has 0 saturated heterocycles. The van der Waals surface area contributed by atoms with Gasteiger partial charge in [-0.3, -0.25) is 14.4 Å². The smallest absolute Gasteiger partial charge is 0.184 e. The molecule has 0 amide bonds. The van der Waals surface area contributed by atoms with Crippen molar-refractivity contribution in [1.82, 2.24) is 0 Å². The molecule has 0 spiro atoms. The topological polar surface area (TPSA) is 71.4 Å². The molecule has 0 unspecified atom stereocenters. The van der Waals surface area contributed by atoms with Crippen LogP contribution >= 0.6 is 0 Å². The van der Waals surface area contributed by atoms with Gasteiger partial charge < -0.3 is 5.11 Å². The molecule has 2 aliphatic rings. The summed E-state index contributed by atoms with van der Waals surface area (Å²) in [4.78, 5) is 44.6. The number of aliphatic hydroxyl groups excluding tert-OH is 1. The van der Waals surface area contributed by atoms with Crippen molar-refractivity contribution in [2.75, 3.05) is 0 Å². The number of fused-ring (bicyclic) bond motifs is 2. The van der Waals surface area contributed by atoms with E-state index in [2.05, 4.69) is 12.1 Å². The first kappa shape index (κ1) is 28.5. The molecule has 0 aromatic heterocycles. The fourth-order valence-corrected chi connectivity index (χ4v) is 7.13. The molecule has 4 nitrogen and oxygen atoms in total. The largest absolute Gasteiger partial charge is 0.506 e. The van der Waals surface area contributed by atoms with Crippen LogP contribution in [0.4, 0.5) is 0 Å². The molecule has 210 valence electrons. The van der Waals surface area contributed by atoms with Gasteiger partial charge in [0.25, 0.3) is 0 Å². The van der Waals surface area contributed by atoms with E-state index in [-0.39, 0.29) is 35.9 Å². The maximum absolute atomic E-state index is 15.0. The Labute approximate surface area is 242 Å². The first-order chi connectivity index (χ1) is 19.5. The Balaban J connectivity index is 1.81. The fraction of sp³-hybridized carbons (Fsp3) is 0.324. The summed E-state index contributed by atoms with van der Waals surface area (Å²) >= 11 is 0. The summed E-state index contributed by atoms with van der Waals surface area (Å²) < 4.78 is 0. The Morgan fingerprint density at radius 1 is 0.805 bits per heavy atom. The first-order valence-corrected chi connectivity index (χ1v) is 14.4. The van der Waals surface area contributed by atoms with Crippen molar-refractivity contribution in [3.05, 3.63) is 125 Å². The Kier molecular flexibility index (Phi) is 7.46. The molecule has 5 rings (SSSR count). The molecule has 0 heterocycles. The molecule has 4 heteroatoms. The predicted octanol–water partition coefficient (Wildman–Crippen LogP) is 7.54. The van der Waals surface area contributed by atoms with Gasteiger partial charge in [-0.15, -0.1) is 0 Å². The molecule has 2 aliphatic carbocycles. The molecule has 2 bridgehead atoms. The number of benzene rings is 3. The lowest BCUT2D eigenvalue weighted by Gasteiger charge is -2.60. The molecule has 2 saturated carbocycles. The van der Waals surface area contributed by atoms with E-state index in [1.54, 1.807) is 24.3 Å². The highest BCUT2D eigenvalue weighted by molar-refractivity contribution is 6.41. The van der Waals surface area contributed by atoms with Crippen LogP contribution in [0, 0.1) is 22.2 Å². The molecule has 1 N–H and O–H groups in total. The van der Waals surface area contributed by atoms with E-state index >= 15 is 4.79 Å². The van der Waals surface area contributed by atoms with Gasteiger partial charge in [0.15, 0.2) is 17.3 Å². The predicted molar refractivity (Wildman–Crippen MR) is 162 cm³/mol. The van der Waals surface area contributed by atoms with Crippen LogP contribution in [0.1, 0.15) is 57.2 Å². The zero-order valence-corrected chi connectivity index (χ0v) is 24.3. The third-order valence-corrected chi connectivity index (χ3v) is 9.59. The second kappa shape index (κ2) is 10.7. The molecule has 3 aromatic carbocycles. The Morgan fingerprint density at radius 3 is 1.90 bits per heavy atom. The van der Waals surface area contributed by atoms with Crippen LogP contribution in [0.2, 0.25) is 0 Å². The van der Waals surface area contributed by atoms with Gasteiger partial charge in [0, 0.05) is 5.56 Å². The van der Waals surface area contributed by atoms with Gasteiger partial charge in [0.05, 0.1) is 5.41 Å². The average molecular weight is 547 g/mol. The number of allylic oxidation sites excluding steroid dienone is 3. The van der Waals surface area contributed by atoms with Crippen LogP contribution in [-0.4, -0.2) is 22.5 Å². The lowest BCUT2D eigenvalue weighted by molar-refractivity contribution is -0.176. The van der Waals surface area contributed by atoms with Crippen molar-refractivity contribution in [2.45, 2.75) is 53.4 Å². The number of carbonyl (C=O) groups is 3. The number of aliphatic hydroxyl groups is 1. The van der Waals surface area contributed by atoms with E-state index in [1.807, 2.05) is 88.4 Å². The molecule has 2 fully saturated rings. The highest BCUT2D eigenvalue weighted by atomic mass is 16.3. The number of hydrogen-bond donors (Lipinski definition) is 1. The minimum atomic E-state index is -1.51. The van der Waals surface area contributed by atoms with Gasteiger partial charge in [0.1, 0.15) is 16.7 Å². The summed E-state index contributed by atoms with van der Waals surface area (Å²) in [6.45, 7) is 7.92. The Morgan fingerprint density at radius 2 is 1.34 bits per heavy atom. The summed E-state index contributed by atoms with van der Waals surface area (Å²) in [6, 6.07) is 28.3. The third kappa shape index (κ3) is 4.60. The van der Waals surface area contributed by atoms with Crippen molar-refractivity contribution in [3.63, 3.8) is 0 Å². The summed E-state index contributed by atoms with van der Waals surface area (Å²) in [7, 11) is 0. The summed E-state index contributed by atoms with van der Waals surface area (Å²) in [5.74, 6) is -1.90. The first-order valence-electron chi connectivity index (χ1n) is 14.4. The lowest BCUT2D eigenvalue weighted by Crippen LogP contribution is -2.70. The summed E-state index contributed by atoms with van der Waals surface area (Å²) in [5.41, 5.74) is -0.677. The van der Waals surface area contributed by atoms with Crippen molar-refractivity contribution in [3.8, 4) is 0 Å². The summed E-state index contributed by atoms with van der Waals surface area (Å²) in [5, 5.41) is 11.6. The molecule has 0 radical (unpaired) electrons. The fourth-order valence-electron chi connectivity index (χ4n) is 7.13. The van der Waals surface area contributed by atoms with Crippen LogP contribution in [-0.2, 0) is 27.2 Å². The van der Waals surface area contributed by atoms with Crippen molar-refractivity contribution in [1.29, 1.82) is 0 Å². The van der Waals surface area contributed by atoms with Gasteiger partial charge in [-0.1, -0.05) is 116 Å². The second-order valence-corrected chi connectivity index (χ2v) is 12.5. The van der Waals surface area contributed by atoms with Gasteiger partial charge >= 0.3 is 0 Å². The molecular formula is C37H38O4. The Bertz CT molecular complexity index is 1530. The highest BCUT2D eigenvalue weighted by Gasteiger charge is 2.73. The maximum atomic E-state index is 15.0. The average Bonchev–Trinajstić information content (AvgIpc) is 2.96. The molecule has 3 aromatic rings. The van der Waals surface area contributed by atoms with E-state index in [1.165, 1.54) is 0 Å². The van der Waals surface area contributed by atoms with Gasteiger partial charge in [-0.25, -0.2) is 0 Å². The van der Waals surface area contributed by atoms with Crippen molar-refractivity contribution in [2.24, 2.45) is 22.2 Å². The SMILES string of the molecule is CC(C)=CC[C@@]12C(=O)C(=C(O)c3ccccc3)C(=O)[C@@](Cc3ccccc3)(C[C@@H](Cc3ccccc3)C1(C)C)C2=O. The van der Waals surface area contributed by atoms with E-state index in [0.717, 1.165) is 16.7 Å². The lowest BCUT2D eigenvalue weighted by atomic mass is 9.38. The van der Waals surface area contributed by atoms with Crippen molar-refractivity contribution >= 4 is 23.1 Å². The number of rotatable bonds is 7. The zero-order valence-electron chi connectivity index (χ0n) is 24.3. The highest BCUT2D eigenvalue weighted by Crippen LogP contribution is 2.65. The van der Waals surface area contributed by atoms with Crippen molar-refractivity contribution < 1.29 is 19.5 Å². The molecule has 3 atom stereocenters. The van der Waals surface area contributed by atoms with Gasteiger partial charge in [-0.05, 0) is 62.0 Å². The monoisotopic (exact) mass is 546 g/mol. The second-order valence-electron chi connectivity index (χ2n) is 12.5. The van der Waals surface area contributed by atoms with Crippen LogP contribution in [0.5, 0.6) is 0 Å². The number of hydrogen-bond acceptors (Lipinski definition) is 4. The Hall–Kier alpha value is -4.05. The van der Waals surface area contributed by atoms with E-state index < -0.39 is 27.8 Å². The zero-order chi connectivity index (χ0) is 29.4. The van der Waals surface area contributed by atoms with Gasteiger partial charge in [-0.2, -0.15) is 0 Å². The normalized spacial score (nSPS) is 26.4. The standard InChI is InChI=1S/C37H38O4/c1-25(2)20-21-37-33(40)30(31(38)28-18-12-7-13-19-28)32(39)36(34(37)41,23-27-16-10-6-11-17-27)24-29(35(37,3)4)22-26-14-8-5-9-15-26/h5-20,29,38H,21-24H2,1-4H3/t29-,36-,37+/m1/s1. The quantitative estimate of drug-likeness (QED) is 0.109. The van der Waals surface area contributed by atoms with E-state index in [9.17, 15) is 14.7 Å². The van der Waals surface area contributed by atoms with E-state index in [0.29, 0.717) is 18.4 Å². The maximum Gasteiger partial charge on any atom is 0.184 e. The van der Waals surface area contributed by atoms with Gasteiger partial charge in [0.2, 0.25) is 0 Å². The summed E-state index contributed by atoms with van der Waals surface area (Å²) in [6.07, 6.45) is 3.25. The molecule has 0 aliphatic heterocycles. The van der Waals surface area contributed by atoms with Crippen LogP contribution < -0.4 is 0 Å². The molecular weight excluding hydrogens is 508 g/mol. The van der Waals surface area contributed by atoms with Crippen LogP contribution in [0.25, 0.3) is 5.76 Å². The minimum Gasteiger partial charge on any atom is -0.506 e. The molecule has 41 heavy (non-hydrogen) atoms. The van der Waals surface area contributed by atoms with Crippen LogP contribution in [0.15, 0.2) is 108 Å². The number of ketones is 3. The minimum absolute atomic E-state index is 0.134. The third-order valence-electron chi connectivity index (χ3n) is 9.59.